The van der Waals surface area contributed by atoms with Crippen molar-refractivity contribution in [1.29, 1.82) is 0 Å². The first-order chi connectivity index (χ1) is 8.63. The summed E-state index contributed by atoms with van der Waals surface area (Å²) in [7, 11) is 0. The maximum absolute atomic E-state index is 10.9. The van der Waals surface area contributed by atoms with Crippen LogP contribution in [0.5, 0.6) is 0 Å². The number of aromatic nitrogens is 4. The summed E-state index contributed by atoms with van der Waals surface area (Å²) in [6, 6.07) is 0. The van der Waals surface area contributed by atoms with E-state index >= 15 is 0 Å². The van der Waals surface area contributed by atoms with Gasteiger partial charge in [0.15, 0.2) is 4.96 Å². The van der Waals surface area contributed by atoms with Crippen molar-refractivity contribution >= 4 is 22.3 Å². The van der Waals surface area contributed by atoms with Gasteiger partial charge in [0.05, 0.1) is 17.9 Å². The Morgan fingerprint density at radius 1 is 1.50 bits per heavy atom. The molecule has 0 aliphatic carbocycles. The molecule has 0 saturated heterocycles. The van der Waals surface area contributed by atoms with E-state index in [1.165, 1.54) is 6.20 Å². The first-order valence-corrected chi connectivity index (χ1v) is 6.20. The molecule has 3 aromatic heterocycles. The van der Waals surface area contributed by atoms with Crippen LogP contribution in [0.15, 0.2) is 24.0 Å². The number of carboxylic acid groups (broad SMARTS) is 1. The Balaban J connectivity index is 1.90. The predicted molar refractivity (Wildman–Crippen MR) is 66.1 cm³/mol. The second-order valence-corrected chi connectivity index (χ2v) is 4.83. The van der Waals surface area contributed by atoms with Crippen LogP contribution < -0.4 is 0 Å². The normalized spacial score (nSPS) is 11.2. The summed E-state index contributed by atoms with van der Waals surface area (Å²) in [4.78, 5) is 16.3. The Labute approximate surface area is 106 Å². The molecule has 0 unspecified atom stereocenters. The molecule has 0 aliphatic rings. The number of fused-ring (bicyclic) bond motifs is 1. The minimum absolute atomic E-state index is 0.232. The van der Waals surface area contributed by atoms with Gasteiger partial charge in [0.1, 0.15) is 5.56 Å². The molecular weight excluding hydrogens is 252 g/mol. The molecule has 1 N–H and O–H groups in total. The number of aryl methyl sites for hydroxylation is 1. The summed E-state index contributed by atoms with van der Waals surface area (Å²) in [6.07, 6.45) is 5.39. The molecule has 0 atom stereocenters. The van der Waals surface area contributed by atoms with Crippen molar-refractivity contribution in [2.24, 2.45) is 0 Å². The van der Waals surface area contributed by atoms with Crippen LogP contribution in [0.1, 0.15) is 21.7 Å². The number of rotatable bonds is 3. The molecule has 0 amide bonds. The van der Waals surface area contributed by atoms with E-state index in [1.54, 1.807) is 22.9 Å². The van der Waals surface area contributed by atoms with E-state index in [0.29, 0.717) is 12.2 Å². The van der Waals surface area contributed by atoms with Gasteiger partial charge in [-0.15, -0.1) is 11.3 Å². The summed E-state index contributed by atoms with van der Waals surface area (Å²) >= 11 is 1.56. The average Bonchev–Trinajstić information content (AvgIpc) is 2.92. The third-order valence-corrected chi connectivity index (χ3v) is 3.41. The number of hydrogen-bond acceptors (Lipinski definition) is 4. The quantitative estimate of drug-likeness (QED) is 0.779. The van der Waals surface area contributed by atoms with E-state index in [2.05, 4.69) is 10.1 Å². The first kappa shape index (κ1) is 11.0. The summed E-state index contributed by atoms with van der Waals surface area (Å²) < 4.78 is 3.54. The molecule has 18 heavy (non-hydrogen) atoms. The number of aromatic carboxylic acids is 1. The standard InChI is InChI=1S/C11H10N4O2S/c1-7-9(10(16)17)6-15(13-7)5-8-4-14-2-3-18-11(14)12-8/h2-4,6H,5H2,1H3,(H,16,17). The van der Waals surface area contributed by atoms with Gasteiger partial charge in [-0.25, -0.2) is 9.78 Å². The van der Waals surface area contributed by atoms with Crippen LogP contribution in [0, 0.1) is 6.92 Å². The number of thiazole rings is 1. The van der Waals surface area contributed by atoms with E-state index in [0.717, 1.165) is 10.7 Å². The molecule has 0 spiro atoms. The molecule has 92 valence electrons. The number of nitrogens with zero attached hydrogens (tertiary/aromatic N) is 4. The van der Waals surface area contributed by atoms with Crippen LogP contribution in [-0.4, -0.2) is 30.2 Å². The number of carbonyl (C=O) groups is 1. The summed E-state index contributed by atoms with van der Waals surface area (Å²) in [5.41, 5.74) is 1.61. The van der Waals surface area contributed by atoms with Crippen LogP contribution in [0.2, 0.25) is 0 Å². The monoisotopic (exact) mass is 262 g/mol. The molecule has 0 aliphatic heterocycles. The Morgan fingerprint density at radius 3 is 3.00 bits per heavy atom. The van der Waals surface area contributed by atoms with Crippen LogP contribution in [-0.2, 0) is 6.54 Å². The predicted octanol–water partition coefficient (Wildman–Crippen LogP) is 1.65. The van der Waals surface area contributed by atoms with Gasteiger partial charge < -0.3 is 5.11 Å². The largest absolute Gasteiger partial charge is 0.478 e. The lowest BCUT2D eigenvalue weighted by atomic mass is 10.3. The zero-order valence-corrected chi connectivity index (χ0v) is 10.4. The number of imidazole rings is 1. The molecule has 3 aromatic rings. The van der Waals surface area contributed by atoms with Crippen molar-refractivity contribution in [2.45, 2.75) is 13.5 Å². The van der Waals surface area contributed by atoms with Crippen LogP contribution in [0.3, 0.4) is 0 Å². The van der Waals surface area contributed by atoms with Gasteiger partial charge in [0.25, 0.3) is 0 Å². The first-order valence-electron chi connectivity index (χ1n) is 5.32. The minimum Gasteiger partial charge on any atom is -0.478 e. The fourth-order valence-corrected chi connectivity index (χ4v) is 2.55. The molecule has 0 bridgehead atoms. The maximum atomic E-state index is 10.9. The lowest BCUT2D eigenvalue weighted by Crippen LogP contribution is -2.00. The van der Waals surface area contributed by atoms with Crippen LogP contribution in [0.25, 0.3) is 4.96 Å². The highest BCUT2D eigenvalue weighted by Gasteiger charge is 2.12. The molecule has 0 aromatic carbocycles. The van der Waals surface area contributed by atoms with E-state index in [9.17, 15) is 4.79 Å². The van der Waals surface area contributed by atoms with E-state index in [4.69, 9.17) is 5.11 Å². The van der Waals surface area contributed by atoms with E-state index < -0.39 is 5.97 Å². The molecule has 3 heterocycles. The fourth-order valence-electron chi connectivity index (χ4n) is 1.83. The van der Waals surface area contributed by atoms with Gasteiger partial charge >= 0.3 is 5.97 Å². The Bertz CT molecular complexity index is 696. The molecule has 0 fully saturated rings. The third-order valence-electron chi connectivity index (χ3n) is 2.64. The maximum Gasteiger partial charge on any atom is 0.339 e. The fraction of sp³-hybridized carbons (Fsp3) is 0.182. The van der Waals surface area contributed by atoms with Gasteiger partial charge in [0, 0.05) is 24.0 Å². The molecule has 0 radical (unpaired) electrons. The molecule has 6 nitrogen and oxygen atoms in total. The van der Waals surface area contributed by atoms with Gasteiger partial charge in [0.2, 0.25) is 0 Å². The van der Waals surface area contributed by atoms with Crippen molar-refractivity contribution < 1.29 is 9.90 Å². The highest BCUT2D eigenvalue weighted by molar-refractivity contribution is 7.15. The Kier molecular flexibility index (Phi) is 2.41. The van der Waals surface area contributed by atoms with Crippen molar-refractivity contribution in [1.82, 2.24) is 19.2 Å². The number of hydrogen-bond donors (Lipinski definition) is 1. The van der Waals surface area contributed by atoms with Crippen molar-refractivity contribution in [2.75, 3.05) is 0 Å². The highest BCUT2D eigenvalue weighted by Crippen LogP contribution is 2.13. The van der Waals surface area contributed by atoms with Crippen LogP contribution >= 0.6 is 11.3 Å². The molecule has 0 saturated carbocycles. The van der Waals surface area contributed by atoms with Gasteiger partial charge in [-0.05, 0) is 6.92 Å². The smallest absolute Gasteiger partial charge is 0.339 e. The molecule has 7 heteroatoms. The van der Waals surface area contributed by atoms with Gasteiger partial charge in [-0.1, -0.05) is 0 Å². The zero-order chi connectivity index (χ0) is 12.7. The summed E-state index contributed by atoms with van der Waals surface area (Å²) in [6.45, 7) is 2.16. The second-order valence-electron chi connectivity index (χ2n) is 3.96. The summed E-state index contributed by atoms with van der Waals surface area (Å²) in [5, 5.41) is 15.1. The van der Waals surface area contributed by atoms with Crippen molar-refractivity contribution in [3.63, 3.8) is 0 Å². The summed E-state index contributed by atoms with van der Waals surface area (Å²) in [5.74, 6) is -0.954. The average molecular weight is 262 g/mol. The van der Waals surface area contributed by atoms with Crippen molar-refractivity contribution in [3.05, 3.63) is 40.9 Å². The lowest BCUT2D eigenvalue weighted by Gasteiger charge is -1.95. The Morgan fingerprint density at radius 2 is 2.33 bits per heavy atom. The van der Waals surface area contributed by atoms with Gasteiger partial charge in [-0.2, -0.15) is 5.10 Å². The highest BCUT2D eigenvalue weighted by atomic mass is 32.1. The Hall–Kier alpha value is -2.15. The minimum atomic E-state index is -0.954. The molecular formula is C11H10N4O2S. The van der Waals surface area contributed by atoms with Crippen molar-refractivity contribution in [3.8, 4) is 0 Å². The van der Waals surface area contributed by atoms with Crippen LogP contribution in [0.4, 0.5) is 0 Å². The van der Waals surface area contributed by atoms with Gasteiger partial charge in [-0.3, -0.25) is 9.08 Å². The third kappa shape index (κ3) is 1.78. The zero-order valence-electron chi connectivity index (χ0n) is 9.57. The van der Waals surface area contributed by atoms with E-state index in [-0.39, 0.29) is 5.56 Å². The SMILES string of the molecule is Cc1nn(Cc2cn3ccsc3n2)cc1C(=O)O. The second kappa shape index (κ2) is 3.95. The lowest BCUT2D eigenvalue weighted by molar-refractivity contribution is 0.0696. The van der Waals surface area contributed by atoms with E-state index in [1.807, 2.05) is 22.2 Å². The molecule has 3 rings (SSSR count). The number of carboxylic acids is 1. The topological polar surface area (TPSA) is 72.4 Å².